The molecule has 1 fully saturated rings. The van der Waals surface area contributed by atoms with Crippen LogP contribution in [0.15, 0.2) is 42.5 Å². The summed E-state index contributed by atoms with van der Waals surface area (Å²) in [6.07, 6.45) is 1.54. The Labute approximate surface area is 180 Å². The first-order valence-corrected chi connectivity index (χ1v) is 9.48. The Kier molecular flexibility index (Phi) is 3.29. The third-order valence-electron chi connectivity index (χ3n) is 5.57. The highest BCUT2D eigenvalue weighted by Crippen LogP contribution is 2.39. The van der Waals surface area contributed by atoms with Crippen LogP contribution in [0.3, 0.4) is 0 Å². The minimum Gasteiger partial charge on any atom is -0.493 e. The highest BCUT2D eigenvalue weighted by molar-refractivity contribution is 6.02. The van der Waals surface area contributed by atoms with Crippen LogP contribution in [0.5, 0.6) is 11.5 Å². The van der Waals surface area contributed by atoms with Gasteiger partial charge in [-0.15, -0.1) is 0 Å². The van der Waals surface area contributed by atoms with E-state index < -0.39 is 32.2 Å². The summed E-state index contributed by atoms with van der Waals surface area (Å²) in [6, 6.07) is 11.4. The van der Waals surface area contributed by atoms with Crippen LogP contribution in [0.25, 0.3) is 0 Å². The van der Waals surface area contributed by atoms with Crippen molar-refractivity contribution in [3.63, 3.8) is 0 Å². The molecule has 1 unspecified atom stereocenters. The van der Waals surface area contributed by atoms with Crippen LogP contribution in [0.4, 0.5) is 0 Å². The standard InChI is InChI=1S/C24H29NO3/c1-27-22-14-19-13-20(24(26)21(19)15-23(22)28-2)12-17-8-10-25(11-9-17)16-18-6-4-3-5-7-18/h3-7,14-15,17,20H,8-13,16H2,1-2H3/i1D3,2D3,16D2,20D. The van der Waals surface area contributed by atoms with Gasteiger partial charge in [0.2, 0.25) is 0 Å². The zero-order valence-electron chi connectivity index (χ0n) is 24.5. The molecule has 1 aliphatic carbocycles. The summed E-state index contributed by atoms with van der Waals surface area (Å²) >= 11 is 0. The van der Waals surface area contributed by atoms with Gasteiger partial charge in [0, 0.05) is 22.1 Å². The van der Waals surface area contributed by atoms with Gasteiger partial charge in [-0.05, 0) is 68.0 Å². The number of hydrogen-bond acceptors (Lipinski definition) is 4. The van der Waals surface area contributed by atoms with E-state index in [0.29, 0.717) is 37.1 Å². The second kappa shape index (κ2) is 8.36. The van der Waals surface area contributed by atoms with E-state index in [2.05, 4.69) is 0 Å². The molecule has 0 aromatic heterocycles. The number of likely N-dealkylation sites (tertiary alicyclic amines) is 1. The van der Waals surface area contributed by atoms with Gasteiger partial charge in [-0.25, -0.2) is 0 Å². The van der Waals surface area contributed by atoms with Gasteiger partial charge in [0.25, 0.3) is 0 Å². The fourth-order valence-corrected chi connectivity index (χ4v) is 4.08. The summed E-state index contributed by atoms with van der Waals surface area (Å²) in [5.41, 5.74) is 1.12. The Morgan fingerprint density at radius 1 is 1.14 bits per heavy atom. The molecule has 0 amide bonds. The molecule has 2 aliphatic rings. The van der Waals surface area contributed by atoms with Crippen molar-refractivity contribution >= 4 is 5.78 Å². The molecule has 1 heterocycles. The first-order chi connectivity index (χ1) is 17.1. The summed E-state index contributed by atoms with van der Waals surface area (Å²) in [7, 11) is -5.75. The number of ether oxygens (including phenoxy) is 2. The van der Waals surface area contributed by atoms with Crippen molar-refractivity contribution in [1.82, 2.24) is 4.90 Å². The van der Waals surface area contributed by atoms with Crippen molar-refractivity contribution in [2.24, 2.45) is 11.8 Å². The molecule has 4 rings (SSSR count). The monoisotopic (exact) mass is 388 g/mol. The molecule has 0 spiro atoms. The van der Waals surface area contributed by atoms with E-state index in [0.717, 1.165) is 0 Å². The maximum Gasteiger partial charge on any atom is 0.166 e. The number of Topliss-reactive ketones (excluding diaryl/α,β-unsaturated/α-hetero) is 1. The van der Waals surface area contributed by atoms with Crippen molar-refractivity contribution < 1.29 is 26.6 Å². The lowest BCUT2D eigenvalue weighted by molar-refractivity contribution is 0.0895. The number of carbonyl (C=O) groups excluding carboxylic acids is 1. The van der Waals surface area contributed by atoms with E-state index in [1.165, 1.54) is 12.1 Å². The van der Waals surface area contributed by atoms with Gasteiger partial charge in [-0.2, -0.15) is 0 Å². The van der Waals surface area contributed by atoms with Crippen molar-refractivity contribution in [3.8, 4) is 11.5 Å². The first-order valence-electron chi connectivity index (χ1n) is 14.0. The fraction of sp³-hybridized carbons (Fsp3) is 0.458. The molecule has 1 atom stereocenters. The maximum atomic E-state index is 13.3. The van der Waals surface area contributed by atoms with Crippen LogP contribution in [0, 0.1) is 11.8 Å². The van der Waals surface area contributed by atoms with E-state index in [-0.39, 0.29) is 35.8 Å². The SMILES string of the molecule is [2H]C([2H])([2H])Oc1cc2c(cc1OC([2H])([2H])[2H])C(=O)C([2H])(CC1CCN(C([2H])([2H])c3ccccc3)CC1)C2. The molecule has 0 radical (unpaired) electrons. The lowest BCUT2D eigenvalue weighted by Crippen LogP contribution is -2.34. The summed E-state index contributed by atoms with van der Waals surface area (Å²) in [4.78, 5) is 15.1. The Hall–Kier alpha value is -2.33. The number of ketones is 1. The molecule has 1 saturated heterocycles. The van der Waals surface area contributed by atoms with E-state index >= 15 is 0 Å². The predicted molar refractivity (Wildman–Crippen MR) is 110 cm³/mol. The molecule has 1 aliphatic heterocycles. The molecular formula is C24H29NO3. The van der Waals surface area contributed by atoms with E-state index in [1.54, 1.807) is 29.2 Å². The maximum absolute atomic E-state index is 13.3. The average molecular weight is 389 g/mol. The molecule has 2 aromatic rings. The fourth-order valence-electron chi connectivity index (χ4n) is 4.08. The molecule has 0 bridgehead atoms. The van der Waals surface area contributed by atoms with Gasteiger partial charge in [-0.3, -0.25) is 9.69 Å². The zero-order valence-corrected chi connectivity index (χ0v) is 15.5. The molecule has 0 saturated carbocycles. The van der Waals surface area contributed by atoms with E-state index in [4.69, 9.17) is 21.8 Å². The topological polar surface area (TPSA) is 38.8 Å². The highest BCUT2D eigenvalue weighted by Gasteiger charge is 2.34. The molecule has 148 valence electrons. The second-order valence-corrected chi connectivity index (χ2v) is 7.38. The lowest BCUT2D eigenvalue weighted by Gasteiger charge is -2.32. The smallest absolute Gasteiger partial charge is 0.166 e. The van der Waals surface area contributed by atoms with Crippen molar-refractivity contribution in [1.29, 1.82) is 0 Å². The summed E-state index contributed by atoms with van der Waals surface area (Å²) in [5, 5.41) is 0. The van der Waals surface area contributed by atoms with Crippen molar-refractivity contribution in [2.75, 3.05) is 27.2 Å². The number of methoxy groups -OCH3 is 2. The van der Waals surface area contributed by atoms with Gasteiger partial charge < -0.3 is 9.47 Å². The number of piperidine rings is 1. The number of rotatable bonds is 6. The number of fused-ring (bicyclic) bond motifs is 1. The summed E-state index contributed by atoms with van der Waals surface area (Å²) < 4.78 is 80.2. The summed E-state index contributed by atoms with van der Waals surface area (Å²) in [5.74, 6) is -2.65. The number of benzene rings is 2. The van der Waals surface area contributed by atoms with Crippen LogP contribution in [0.2, 0.25) is 0 Å². The second-order valence-electron chi connectivity index (χ2n) is 7.38. The van der Waals surface area contributed by atoms with Crippen LogP contribution in [-0.2, 0) is 12.9 Å². The predicted octanol–water partition coefficient (Wildman–Crippen LogP) is 4.36. The molecule has 4 nitrogen and oxygen atoms in total. The number of carbonyl (C=O) groups is 1. The number of hydrogen-bond donors (Lipinski definition) is 0. The van der Waals surface area contributed by atoms with Crippen LogP contribution in [0.1, 0.15) is 53.1 Å². The van der Waals surface area contributed by atoms with Crippen LogP contribution in [-0.4, -0.2) is 37.8 Å². The van der Waals surface area contributed by atoms with Gasteiger partial charge >= 0.3 is 0 Å². The normalized spacial score (nSPS) is 29.0. The molecule has 2 aromatic carbocycles. The number of nitrogens with zero attached hydrogens (tertiary/aromatic N) is 1. The zero-order chi connectivity index (χ0) is 27.2. The van der Waals surface area contributed by atoms with Gasteiger partial charge in [-0.1, -0.05) is 30.3 Å². The average Bonchev–Trinajstić information content (AvgIpc) is 3.02. The largest absolute Gasteiger partial charge is 0.493 e. The van der Waals surface area contributed by atoms with Crippen LogP contribution >= 0.6 is 0 Å². The molecule has 28 heavy (non-hydrogen) atoms. The Balaban J connectivity index is 1.48. The first kappa shape index (κ1) is 11.0. The third kappa shape index (κ3) is 3.93. The Morgan fingerprint density at radius 2 is 1.86 bits per heavy atom. The van der Waals surface area contributed by atoms with Crippen LogP contribution < -0.4 is 9.47 Å². The van der Waals surface area contributed by atoms with Crippen molar-refractivity contribution in [3.05, 3.63) is 59.2 Å². The minimum absolute atomic E-state index is 0.0229. The Bertz CT molecular complexity index is 1140. The van der Waals surface area contributed by atoms with Gasteiger partial charge in [0.05, 0.1) is 22.3 Å². The van der Waals surface area contributed by atoms with Gasteiger partial charge in [0.1, 0.15) is 0 Å². The van der Waals surface area contributed by atoms with E-state index in [1.807, 2.05) is 6.07 Å². The minimum atomic E-state index is -2.89. The molecule has 4 heteroatoms. The highest BCUT2D eigenvalue weighted by atomic mass is 16.5. The Morgan fingerprint density at radius 3 is 2.57 bits per heavy atom. The lowest BCUT2D eigenvalue weighted by atomic mass is 9.85. The van der Waals surface area contributed by atoms with Crippen molar-refractivity contribution in [2.45, 2.75) is 32.2 Å². The molecule has 0 N–H and O–H groups in total. The quantitative estimate of drug-likeness (QED) is 0.737. The molecular weight excluding hydrogens is 350 g/mol. The van der Waals surface area contributed by atoms with Gasteiger partial charge in [0.15, 0.2) is 17.3 Å². The summed E-state index contributed by atoms with van der Waals surface area (Å²) in [6.45, 7) is -0.656. The third-order valence-corrected chi connectivity index (χ3v) is 5.57. The van der Waals surface area contributed by atoms with E-state index in [9.17, 15) is 4.79 Å².